The molecule has 6 nitrogen and oxygen atoms in total. The Labute approximate surface area is 159 Å². The number of hydrogen-bond donors (Lipinski definition) is 0. The molecule has 0 aliphatic carbocycles. The summed E-state index contributed by atoms with van der Waals surface area (Å²) in [5.41, 5.74) is 3.47. The van der Waals surface area contributed by atoms with E-state index in [-0.39, 0.29) is 5.92 Å². The fourth-order valence-corrected chi connectivity index (χ4v) is 5.69. The minimum atomic E-state index is -3.50. The average Bonchev–Trinajstić information content (AvgIpc) is 3.28. The summed E-state index contributed by atoms with van der Waals surface area (Å²) >= 11 is 0. The number of nitrogens with zero attached hydrogens (tertiary/aromatic N) is 4. The maximum absolute atomic E-state index is 13.2. The van der Waals surface area contributed by atoms with Crippen molar-refractivity contribution >= 4 is 21.2 Å². The Morgan fingerprint density at radius 1 is 1.22 bits per heavy atom. The van der Waals surface area contributed by atoms with Gasteiger partial charge in [0.2, 0.25) is 10.0 Å². The van der Waals surface area contributed by atoms with Crippen molar-refractivity contribution in [2.24, 2.45) is 0 Å². The molecular weight excluding hydrogens is 360 g/mol. The number of imidazole rings is 1. The first kappa shape index (κ1) is 18.1. The molecule has 1 saturated heterocycles. The molecule has 0 bridgehead atoms. The van der Waals surface area contributed by atoms with Gasteiger partial charge in [-0.2, -0.15) is 4.31 Å². The fraction of sp³-hybridized carbons (Fsp3) is 0.400. The first-order valence-corrected chi connectivity index (χ1v) is 10.7. The van der Waals surface area contributed by atoms with Crippen LogP contribution in [0.25, 0.3) is 11.2 Å². The predicted molar refractivity (Wildman–Crippen MR) is 105 cm³/mol. The van der Waals surface area contributed by atoms with Crippen LogP contribution in [-0.2, 0) is 16.6 Å². The fourth-order valence-electron chi connectivity index (χ4n) is 3.88. The molecular formula is C20H24N4O2S. The van der Waals surface area contributed by atoms with E-state index >= 15 is 0 Å². The van der Waals surface area contributed by atoms with Crippen LogP contribution in [0.15, 0.2) is 41.4 Å². The minimum Gasteiger partial charge on any atom is -0.313 e. The molecule has 1 aromatic carbocycles. The van der Waals surface area contributed by atoms with Crippen molar-refractivity contribution in [3.8, 4) is 0 Å². The van der Waals surface area contributed by atoms with Crippen LogP contribution < -0.4 is 0 Å². The van der Waals surface area contributed by atoms with Gasteiger partial charge in [-0.25, -0.2) is 18.4 Å². The zero-order chi connectivity index (χ0) is 19.2. The number of pyridine rings is 1. The van der Waals surface area contributed by atoms with E-state index in [2.05, 4.69) is 16.5 Å². The standard InChI is InChI=1S/C20H24N4O2S/c1-4-24-19(22-17-6-5-10-21-20(17)24)16-9-11-23(13-16)27(25,26)18-12-14(2)7-8-15(18)3/h5-8,10,12,16H,4,9,11,13H2,1-3H3. The molecule has 0 spiro atoms. The van der Waals surface area contributed by atoms with Crippen molar-refractivity contribution < 1.29 is 8.42 Å². The molecule has 4 rings (SSSR count). The third kappa shape index (κ3) is 3.04. The van der Waals surface area contributed by atoms with E-state index in [1.807, 2.05) is 38.1 Å². The van der Waals surface area contributed by atoms with Gasteiger partial charge in [-0.15, -0.1) is 0 Å². The normalized spacial score (nSPS) is 18.4. The molecule has 1 unspecified atom stereocenters. The summed E-state index contributed by atoms with van der Waals surface area (Å²) in [4.78, 5) is 9.63. The van der Waals surface area contributed by atoms with E-state index in [1.165, 1.54) is 0 Å². The van der Waals surface area contributed by atoms with Crippen LogP contribution in [0, 0.1) is 13.8 Å². The molecule has 1 atom stereocenters. The van der Waals surface area contributed by atoms with Gasteiger partial charge in [-0.05, 0) is 56.5 Å². The van der Waals surface area contributed by atoms with Gasteiger partial charge in [0, 0.05) is 31.7 Å². The lowest BCUT2D eigenvalue weighted by molar-refractivity contribution is 0.469. The lowest BCUT2D eigenvalue weighted by Crippen LogP contribution is -2.29. The number of fused-ring (bicyclic) bond motifs is 1. The van der Waals surface area contributed by atoms with Gasteiger partial charge in [0.1, 0.15) is 11.3 Å². The average molecular weight is 385 g/mol. The van der Waals surface area contributed by atoms with Crippen molar-refractivity contribution in [3.05, 3.63) is 53.5 Å². The van der Waals surface area contributed by atoms with Gasteiger partial charge in [-0.1, -0.05) is 12.1 Å². The van der Waals surface area contributed by atoms with Crippen LogP contribution in [0.2, 0.25) is 0 Å². The number of aryl methyl sites for hydroxylation is 3. The molecule has 7 heteroatoms. The summed E-state index contributed by atoms with van der Waals surface area (Å²) in [6.45, 7) is 7.58. The largest absolute Gasteiger partial charge is 0.313 e. The first-order valence-electron chi connectivity index (χ1n) is 9.30. The molecule has 2 aromatic heterocycles. The lowest BCUT2D eigenvalue weighted by atomic mass is 10.1. The van der Waals surface area contributed by atoms with Crippen molar-refractivity contribution in [2.45, 2.75) is 44.6 Å². The Morgan fingerprint density at radius 2 is 2.04 bits per heavy atom. The highest BCUT2D eigenvalue weighted by atomic mass is 32.2. The number of hydrogen-bond acceptors (Lipinski definition) is 4. The van der Waals surface area contributed by atoms with Crippen LogP contribution >= 0.6 is 0 Å². The van der Waals surface area contributed by atoms with Crippen LogP contribution in [0.1, 0.15) is 36.2 Å². The van der Waals surface area contributed by atoms with Gasteiger partial charge in [0.05, 0.1) is 4.90 Å². The number of rotatable bonds is 4. The minimum absolute atomic E-state index is 0.0824. The van der Waals surface area contributed by atoms with Crippen LogP contribution in [-0.4, -0.2) is 40.3 Å². The molecule has 3 aromatic rings. The second-order valence-electron chi connectivity index (χ2n) is 7.18. The first-order chi connectivity index (χ1) is 12.9. The van der Waals surface area contributed by atoms with E-state index in [4.69, 9.17) is 4.98 Å². The van der Waals surface area contributed by atoms with Crippen molar-refractivity contribution in [3.63, 3.8) is 0 Å². The number of aromatic nitrogens is 3. The Hall–Kier alpha value is -2.25. The van der Waals surface area contributed by atoms with E-state index in [9.17, 15) is 8.42 Å². The summed E-state index contributed by atoms with van der Waals surface area (Å²) in [6, 6.07) is 9.42. The molecule has 0 saturated carbocycles. The monoisotopic (exact) mass is 384 g/mol. The van der Waals surface area contributed by atoms with Crippen molar-refractivity contribution in [2.75, 3.05) is 13.1 Å². The zero-order valence-corrected chi connectivity index (χ0v) is 16.7. The molecule has 0 N–H and O–H groups in total. The van der Waals surface area contributed by atoms with Gasteiger partial charge in [-0.3, -0.25) is 0 Å². The molecule has 1 aliphatic rings. The second kappa shape index (κ2) is 6.73. The van der Waals surface area contributed by atoms with Crippen molar-refractivity contribution in [1.82, 2.24) is 18.8 Å². The van der Waals surface area contributed by atoms with E-state index in [1.54, 1.807) is 16.6 Å². The quantitative estimate of drug-likeness (QED) is 0.692. The third-order valence-corrected chi connectivity index (χ3v) is 7.33. The van der Waals surface area contributed by atoms with Crippen LogP contribution in [0.3, 0.4) is 0 Å². The molecule has 1 aliphatic heterocycles. The summed E-state index contributed by atoms with van der Waals surface area (Å²) in [5.74, 6) is 1.02. The van der Waals surface area contributed by atoms with Crippen LogP contribution in [0.4, 0.5) is 0 Å². The van der Waals surface area contributed by atoms with Gasteiger partial charge in [0.25, 0.3) is 0 Å². The molecule has 142 valence electrons. The SMILES string of the molecule is CCn1c(C2CCN(S(=O)(=O)c3cc(C)ccc3C)C2)nc2cccnc21. The van der Waals surface area contributed by atoms with Gasteiger partial charge >= 0.3 is 0 Å². The van der Waals surface area contributed by atoms with Crippen LogP contribution in [0.5, 0.6) is 0 Å². The summed E-state index contributed by atoms with van der Waals surface area (Å²) in [5, 5.41) is 0. The highest BCUT2D eigenvalue weighted by Gasteiger charge is 2.36. The molecule has 0 amide bonds. The summed E-state index contributed by atoms with van der Waals surface area (Å²) < 4.78 is 30.1. The Balaban J connectivity index is 1.67. The Morgan fingerprint density at radius 3 is 2.81 bits per heavy atom. The van der Waals surface area contributed by atoms with Gasteiger partial charge in [0.15, 0.2) is 5.65 Å². The highest BCUT2D eigenvalue weighted by molar-refractivity contribution is 7.89. The van der Waals surface area contributed by atoms with Crippen molar-refractivity contribution in [1.29, 1.82) is 0 Å². The predicted octanol–water partition coefficient (Wildman–Crippen LogP) is 3.25. The van der Waals surface area contributed by atoms with E-state index < -0.39 is 10.0 Å². The third-order valence-electron chi connectivity index (χ3n) is 5.33. The molecule has 1 fully saturated rings. The Bertz CT molecular complexity index is 1100. The molecule has 3 heterocycles. The van der Waals surface area contributed by atoms with E-state index in [0.29, 0.717) is 18.0 Å². The van der Waals surface area contributed by atoms with Gasteiger partial charge < -0.3 is 4.57 Å². The molecule has 27 heavy (non-hydrogen) atoms. The summed E-state index contributed by atoms with van der Waals surface area (Å²) in [6.07, 6.45) is 2.54. The van der Waals surface area contributed by atoms with E-state index in [0.717, 1.165) is 41.1 Å². The second-order valence-corrected chi connectivity index (χ2v) is 9.08. The number of benzene rings is 1. The Kier molecular flexibility index (Phi) is 4.52. The highest BCUT2D eigenvalue weighted by Crippen LogP contribution is 2.33. The maximum Gasteiger partial charge on any atom is 0.243 e. The summed E-state index contributed by atoms with van der Waals surface area (Å²) in [7, 11) is -3.50. The lowest BCUT2D eigenvalue weighted by Gasteiger charge is -2.18. The number of sulfonamides is 1. The molecule has 0 radical (unpaired) electrons. The maximum atomic E-state index is 13.2. The topological polar surface area (TPSA) is 68.1 Å². The smallest absolute Gasteiger partial charge is 0.243 e. The zero-order valence-electron chi connectivity index (χ0n) is 15.9.